The summed E-state index contributed by atoms with van der Waals surface area (Å²) < 4.78 is 4.98. The van der Waals surface area contributed by atoms with Crippen molar-refractivity contribution in [1.29, 1.82) is 0 Å². The Hall–Kier alpha value is -2.34. The summed E-state index contributed by atoms with van der Waals surface area (Å²) in [5.74, 6) is 0.919. The number of hydrogen-bond donors (Lipinski definition) is 2. The Morgan fingerprint density at radius 1 is 1.46 bits per heavy atom. The molecular weight excluding hydrogens is 324 g/mol. The third-order valence-electron chi connectivity index (χ3n) is 4.14. The van der Waals surface area contributed by atoms with E-state index in [9.17, 15) is 9.90 Å². The topological polar surface area (TPSA) is 70.9 Å². The Morgan fingerprint density at radius 3 is 3.04 bits per heavy atom. The standard InChI is InChI=1S/C18H20N2O3S/c1-11-3-6-16-13(7-11)9-17(24-16)18(22)20-19-10-12-4-5-15(23-2)14(21)8-12/h4-5,8-11,21H,3,6-7H2,1-2H3,(H,20,22)/b19-10-/t11-/m1/s1. The molecule has 1 aromatic heterocycles. The van der Waals surface area contributed by atoms with E-state index in [4.69, 9.17) is 4.74 Å². The summed E-state index contributed by atoms with van der Waals surface area (Å²) in [5.41, 5.74) is 4.52. The molecule has 5 nitrogen and oxygen atoms in total. The number of rotatable bonds is 4. The van der Waals surface area contributed by atoms with Crippen molar-refractivity contribution in [3.8, 4) is 11.5 Å². The lowest BCUT2D eigenvalue weighted by Gasteiger charge is -2.16. The van der Waals surface area contributed by atoms with E-state index in [1.54, 1.807) is 23.5 Å². The molecule has 0 fully saturated rings. The van der Waals surface area contributed by atoms with Gasteiger partial charge in [-0.05, 0) is 60.6 Å². The van der Waals surface area contributed by atoms with Crippen LogP contribution in [0.5, 0.6) is 11.5 Å². The van der Waals surface area contributed by atoms with Gasteiger partial charge < -0.3 is 9.84 Å². The van der Waals surface area contributed by atoms with Gasteiger partial charge >= 0.3 is 0 Å². The molecule has 1 aromatic carbocycles. The Bertz CT molecular complexity index is 783. The third-order valence-corrected chi connectivity index (χ3v) is 5.37. The molecule has 2 N–H and O–H groups in total. The fourth-order valence-electron chi connectivity index (χ4n) is 2.83. The molecule has 6 heteroatoms. The Kier molecular flexibility index (Phi) is 4.85. The van der Waals surface area contributed by atoms with Gasteiger partial charge in [-0.25, -0.2) is 5.43 Å². The number of nitrogens with one attached hydrogen (secondary N) is 1. The molecule has 0 unspecified atom stereocenters. The Labute approximate surface area is 145 Å². The highest BCUT2D eigenvalue weighted by molar-refractivity contribution is 7.14. The van der Waals surface area contributed by atoms with E-state index in [0.717, 1.165) is 12.8 Å². The number of ether oxygens (including phenoxy) is 1. The van der Waals surface area contributed by atoms with Crippen molar-refractivity contribution in [2.75, 3.05) is 7.11 Å². The van der Waals surface area contributed by atoms with Crippen LogP contribution in [0.2, 0.25) is 0 Å². The number of carbonyl (C=O) groups is 1. The molecule has 0 radical (unpaired) electrons. The zero-order valence-electron chi connectivity index (χ0n) is 13.7. The highest BCUT2D eigenvalue weighted by Crippen LogP contribution is 2.32. The van der Waals surface area contributed by atoms with Crippen LogP contribution in [0.25, 0.3) is 0 Å². The molecule has 1 aliphatic carbocycles. The predicted molar refractivity (Wildman–Crippen MR) is 95.2 cm³/mol. The predicted octanol–water partition coefficient (Wildman–Crippen LogP) is 3.35. The number of hydrazone groups is 1. The number of thiophene rings is 1. The number of nitrogens with zero attached hydrogens (tertiary/aromatic N) is 1. The molecule has 0 aliphatic heterocycles. The second kappa shape index (κ2) is 7.05. The number of amides is 1. The number of fused-ring (bicyclic) bond motifs is 1. The van der Waals surface area contributed by atoms with Crippen molar-refractivity contribution in [3.63, 3.8) is 0 Å². The SMILES string of the molecule is COc1ccc(/C=N\NC(=O)c2cc3c(s2)CC[C@@H](C)C3)cc1O. The maximum Gasteiger partial charge on any atom is 0.281 e. The molecule has 0 spiro atoms. The molecule has 1 amide bonds. The summed E-state index contributed by atoms with van der Waals surface area (Å²) in [6.07, 6.45) is 4.79. The molecule has 0 saturated heterocycles. The number of carbonyl (C=O) groups excluding carboxylic acids is 1. The smallest absolute Gasteiger partial charge is 0.281 e. The highest BCUT2D eigenvalue weighted by atomic mass is 32.1. The van der Waals surface area contributed by atoms with Gasteiger partial charge in [0.1, 0.15) is 0 Å². The molecular formula is C18H20N2O3S. The quantitative estimate of drug-likeness (QED) is 0.660. The van der Waals surface area contributed by atoms with Crippen molar-refractivity contribution in [2.24, 2.45) is 11.0 Å². The van der Waals surface area contributed by atoms with E-state index in [0.29, 0.717) is 22.1 Å². The maximum absolute atomic E-state index is 12.2. The number of benzene rings is 1. The zero-order chi connectivity index (χ0) is 17.1. The molecule has 1 aliphatic rings. The fourth-order valence-corrected chi connectivity index (χ4v) is 3.92. The summed E-state index contributed by atoms with van der Waals surface area (Å²) in [6.45, 7) is 2.24. The highest BCUT2D eigenvalue weighted by Gasteiger charge is 2.20. The van der Waals surface area contributed by atoms with E-state index in [-0.39, 0.29) is 11.7 Å². The molecule has 0 bridgehead atoms. The van der Waals surface area contributed by atoms with Gasteiger partial charge in [-0.2, -0.15) is 5.10 Å². The second-order valence-electron chi connectivity index (χ2n) is 6.04. The molecule has 1 atom stereocenters. The normalized spacial score (nSPS) is 16.8. The zero-order valence-corrected chi connectivity index (χ0v) is 14.5. The van der Waals surface area contributed by atoms with Crippen molar-refractivity contribution in [3.05, 3.63) is 45.1 Å². The number of hydrogen-bond acceptors (Lipinski definition) is 5. The first kappa shape index (κ1) is 16.5. The van der Waals surface area contributed by atoms with Gasteiger partial charge in [0.15, 0.2) is 11.5 Å². The van der Waals surface area contributed by atoms with E-state index in [1.165, 1.54) is 36.3 Å². The van der Waals surface area contributed by atoms with Gasteiger partial charge in [0.05, 0.1) is 18.2 Å². The Balaban J connectivity index is 1.64. The summed E-state index contributed by atoms with van der Waals surface area (Å²) in [6, 6.07) is 6.91. The molecule has 0 saturated carbocycles. The average Bonchev–Trinajstić information content (AvgIpc) is 2.98. The van der Waals surface area contributed by atoms with E-state index >= 15 is 0 Å². The maximum atomic E-state index is 12.2. The van der Waals surface area contributed by atoms with Gasteiger partial charge in [0.2, 0.25) is 0 Å². The van der Waals surface area contributed by atoms with Gasteiger partial charge in [-0.3, -0.25) is 4.79 Å². The molecule has 126 valence electrons. The first-order valence-corrected chi connectivity index (χ1v) is 8.70. The van der Waals surface area contributed by atoms with Crippen LogP contribution in [0.1, 0.15) is 39.0 Å². The summed E-state index contributed by atoms with van der Waals surface area (Å²) in [7, 11) is 1.49. The number of methoxy groups -OCH3 is 1. The molecule has 24 heavy (non-hydrogen) atoms. The van der Waals surface area contributed by atoms with Crippen LogP contribution >= 0.6 is 11.3 Å². The second-order valence-corrected chi connectivity index (χ2v) is 7.17. The first-order chi connectivity index (χ1) is 11.6. The summed E-state index contributed by atoms with van der Waals surface area (Å²) in [5, 5.41) is 13.7. The summed E-state index contributed by atoms with van der Waals surface area (Å²) >= 11 is 1.56. The van der Waals surface area contributed by atoms with Gasteiger partial charge in [0.25, 0.3) is 5.91 Å². The minimum atomic E-state index is -0.198. The van der Waals surface area contributed by atoms with Crippen molar-refractivity contribution < 1.29 is 14.6 Å². The van der Waals surface area contributed by atoms with Crippen molar-refractivity contribution in [1.82, 2.24) is 5.43 Å². The minimum Gasteiger partial charge on any atom is -0.504 e. The fraction of sp³-hybridized carbons (Fsp3) is 0.333. The lowest BCUT2D eigenvalue weighted by molar-refractivity contribution is 0.0959. The van der Waals surface area contributed by atoms with Crippen LogP contribution in [0.15, 0.2) is 29.4 Å². The number of phenolic OH excluding ortho intramolecular Hbond substituents is 1. The van der Waals surface area contributed by atoms with Crippen LogP contribution in [0, 0.1) is 5.92 Å². The van der Waals surface area contributed by atoms with Crippen molar-refractivity contribution in [2.45, 2.75) is 26.2 Å². The average molecular weight is 344 g/mol. The van der Waals surface area contributed by atoms with E-state index in [1.807, 2.05) is 6.07 Å². The molecule has 2 aromatic rings. The lowest BCUT2D eigenvalue weighted by Crippen LogP contribution is -2.16. The van der Waals surface area contributed by atoms with Crippen molar-refractivity contribution >= 4 is 23.5 Å². The molecule has 3 rings (SSSR count). The van der Waals surface area contributed by atoms with E-state index in [2.05, 4.69) is 17.5 Å². The largest absolute Gasteiger partial charge is 0.504 e. The van der Waals surface area contributed by atoms with Gasteiger partial charge in [0, 0.05) is 4.88 Å². The minimum absolute atomic E-state index is 0.0350. The van der Waals surface area contributed by atoms with Gasteiger partial charge in [-0.1, -0.05) is 6.92 Å². The lowest BCUT2D eigenvalue weighted by atomic mass is 9.90. The van der Waals surface area contributed by atoms with Crippen LogP contribution in [-0.4, -0.2) is 24.3 Å². The number of aromatic hydroxyl groups is 1. The van der Waals surface area contributed by atoms with Crippen LogP contribution < -0.4 is 10.2 Å². The van der Waals surface area contributed by atoms with Crippen LogP contribution in [-0.2, 0) is 12.8 Å². The monoisotopic (exact) mass is 344 g/mol. The summed E-state index contributed by atoms with van der Waals surface area (Å²) in [4.78, 5) is 14.2. The van der Waals surface area contributed by atoms with Crippen LogP contribution in [0.3, 0.4) is 0 Å². The third kappa shape index (κ3) is 3.59. The van der Waals surface area contributed by atoms with Gasteiger partial charge in [-0.15, -0.1) is 11.3 Å². The Morgan fingerprint density at radius 2 is 2.29 bits per heavy atom. The van der Waals surface area contributed by atoms with Crippen LogP contribution in [0.4, 0.5) is 0 Å². The molecule has 1 heterocycles. The first-order valence-electron chi connectivity index (χ1n) is 7.89. The number of phenols is 1. The van der Waals surface area contributed by atoms with E-state index < -0.39 is 0 Å². The number of aryl methyl sites for hydroxylation is 1.